The highest BCUT2D eigenvalue weighted by atomic mass is 32.1. The molecule has 0 fully saturated rings. The molecule has 0 amide bonds. The number of aromatic nitrogens is 5. The highest BCUT2D eigenvalue weighted by Gasteiger charge is 2.44. The lowest BCUT2D eigenvalue weighted by Gasteiger charge is -2.34. The third-order valence-corrected chi connectivity index (χ3v) is 48.9. The number of aryl methyl sites for hydroxylation is 1. The summed E-state index contributed by atoms with van der Waals surface area (Å²) < 4.78 is 21.9. The Labute approximate surface area is 827 Å². The van der Waals surface area contributed by atoms with Crippen LogP contribution in [0.15, 0.2) is 496 Å². The van der Waals surface area contributed by atoms with Gasteiger partial charge in [0.15, 0.2) is 18.6 Å². The van der Waals surface area contributed by atoms with E-state index in [-0.39, 0.29) is 6.35 Å². The highest BCUT2D eigenvalue weighted by Crippen LogP contribution is 2.50. The molecule has 0 bridgehead atoms. The molecule has 8 heterocycles. The van der Waals surface area contributed by atoms with Crippen molar-refractivity contribution in [1.29, 1.82) is 0 Å². The SMILES string of the molecule is CC.C[Si](c1ccccc1)(c1ccccc1)c1ccc2oc3nc4ccccc4n3c2c1.C[Si](c1ccccc1)(c1ccccc1)c1ccc2sc3nc4ccccc4n3c2c1.Cc1cc2sc3cc4ccccc4n3c2cc1-c1cccc([Si](C)(c2ccccc2)c2ccccc2)c1.c1ccc([Si](c2ccccc2)(c2ccccc2)c2cccc(-c3ccc4c(c3)N3c5ccccc5NC3O4)c2)cc1. The van der Waals surface area contributed by atoms with E-state index in [4.69, 9.17) is 14.1 Å². The van der Waals surface area contributed by atoms with Crippen LogP contribution in [0.1, 0.15) is 19.4 Å². The van der Waals surface area contributed by atoms with Crippen LogP contribution in [0.2, 0.25) is 19.6 Å². The van der Waals surface area contributed by atoms with Gasteiger partial charge in [-0.1, -0.05) is 439 Å². The quantitative estimate of drug-likeness (QED) is 0.0814. The van der Waals surface area contributed by atoms with E-state index in [1.54, 1.807) is 11.3 Å². The highest BCUT2D eigenvalue weighted by molar-refractivity contribution is 7.24. The lowest BCUT2D eigenvalue weighted by Crippen LogP contribution is -2.74. The average Bonchev–Trinajstić information content (AvgIpc) is 1.17. The molecule has 140 heavy (non-hydrogen) atoms. The Morgan fingerprint density at radius 3 is 1.26 bits per heavy atom. The number of rotatable bonds is 15. The zero-order valence-corrected chi connectivity index (χ0v) is 84.3. The molecular formula is C125H101N7O2S2Si4. The van der Waals surface area contributed by atoms with Gasteiger partial charge in [0.05, 0.1) is 70.6 Å². The third-order valence-electron chi connectivity index (χ3n) is 28.7. The topological polar surface area (TPSA) is 76.6 Å². The van der Waals surface area contributed by atoms with Gasteiger partial charge in [-0.2, -0.15) is 4.98 Å². The third kappa shape index (κ3) is 15.4. The number of anilines is 3. The van der Waals surface area contributed by atoms with Crippen LogP contribution in [0.4, 0.5) is 17.1 Å². The van der Waals surface area contributed by atoms with E-state index in [0.29, 0.717) is 5.84 Å². The van der Waals surface area contributed by atoms with Gasteiger partial charge in [0.2, 0.25) is 0 Å². The fourth-order valence-corrected chi connectivity index (χ4v) is 39.2. The van der Waals surface area contributed by atoms with Crippen molar-refractivity contribution in [1.82, 2.24) is 23.2 Å². The number of para-hydroxylation sites is 7. The van der Waals surface area contributed by atoms with Crippen LogP contribution in [0.25, 0.3) is 102 Å². The maximum atomic E-state index is 6.28. The molecule has 0 spiro atoms. The van der Waals surface area contributed by atoms with Crippen LogP contribution in [-0.2, 0) is 0 Å². The molecule has 6 aromatic heterocycles. The van der Waals surface area contributed by atoms with Crippen molar-refractivity contribution in [3.8, 4) is 28.0 Å². The fraction of sp³-hybridized carbons (Fsp3) is 0.0560. The van der Waals surface area contributed by atoms with E-state index in [1.807, 2.05) is 43.4 Å². The van der Waals surface area contributed by atoms with Crippen molar-refractivity contribution < 1.29 is 9.15 Å². The van der Waals surface area contributed by atoms with Gasteiger partial charge >= 0.3 is 5.84 Å². The first-order chi connectivity index (χ1) is 68.9. The number of hydrogen-bond donors (Lipinski definition) is 1. The summed E-state index contributed by atoms with van der Waals surface area (Å²) in [5, 5.41) is 23.0. The number of imidazole rings is 2. The summed E-state index contributed by atoms with van der Waals surface area (Å²) in [6.45, 7) is 13.6. The molecule has 27 rings (SSSR count). The van der Waals surface area contributed by atoms with E-state index in [2.05, 4.69) is 528 Å². The molecule has 676 valence electrons. The Balaban J connectivity index is 0.000000104. The summed E-state index contributed by atoms with van der Waals surface area (Å²) >= 11 is 3.64. The van der Waals surface area contributed by atoms with Crippen LogP contribution in [0, 0.1) is 6.92 Å². The van der Waals surface area contributed by atoms with E-state index in [9.17, 15) is 0 Å². The van der Waals surface area contributed by atoms with Gasteiger partial charge in [-0.15, -0.1) is 11.3 Å². The number of ether oxygens (including phenoxy) is 1. The number of thiazole rings is 2. The Morgan fingerprint density at radius 1 is 0.293 bits per heavy atom. The van der Waals surface area contributed by atoms with Gasteiger partial charge in [0.25, 0.3) is 6.35 Å². The molecule has 19 aromatic carbocycles. The normalized spacial score (nSPS) is 12.8. The van der Waals surface area contributed by atoms with Crippen molar-refractivity contribution in [3.05, 3.63) is 497 Å². The second-order valence-corrected chi connectivity index (χ2v) is 54.2. The van der Waals surface area contributed by atoms with Crippen molar-refractivity contribution in [2.24, 2.45) is 0 Å². The Hall–Kier alpha value is -15.8. The van der Waals surface area contributed by atoms with Gasteiger partial charge < -0.3 is 14.5 Å². The van der Waals surface area contributed by atoms with E-state index in [0.717, 1.165) is 55.4 Å². The predicted octanol–water partition coefficient (Wildman–Crippen LogP) is 23.5. The molecule has 2 aliphatic heterocycles. The van der Waals surface area contributed by atoms with Crippen LogP contribution in [0.3, 0.4) is 0 Å². The zero-order valence-electron chi connectivity index (χ0n) is 78.7. The molecule has 2 aliphatic rings. The Bertz CT molecular complexity index is 8360. The van der Waals surface area contributed by atoms with E-state index in [1.165, 1.54) is 137 Å². The molecule has 1 atom stereocenters. The molecule has 0 saturated heterocycles. The lowest BCUT2D eigenvalue weighted by atomic mass is 10.0. The van der Waals surface area contributed by atoms with Crippen LogP contribution < -0.4 is 82.4 Å². The zero-order chi connectivity index (χ0) is 94.5. The Kier molecular flexibility index (Phi) is 23.5. The number of nitrogens with zero attached hydrogens (tertiary/aromatic N) is 6. The number of benzene rings is 19. The molecule has 0 saturated carbocycles. The Morgan fingerprint density at radius 2 is 0.714 bits per heavy atom. The van der Waals surface area contributed by atoms with Crippen LogP contribution >= 0.6 is 22.7 Å². The summed E-state index contributed by atoms with van der Waals surface area (Å²) in [4.78, 5) is 14.1. The fourth-order valence-electron chi connectivity index (χ4n) is 21.5. The van der Waals surface area contributed by atoms with Crippen molar-refractivity contribution >= 4 is 220 Å². The largest absolute Gasteiger partial charge is 0.450 e. The number of oxazole rings is 1. The molecule has 15 heteroatoms. The van der Waals surface area contributed by atoms with Crippen molar-refractivity contribution in [3.63, 3.8) is 0 Å². The van der Waals surface area contributed by atoms with E-state index < -0.39 is 32.3 Å². The first kappa shape index (κ1) is 88.2. The van der Waals surface area contributed by atoms with Gasteiger partial charge in [-0.3, -0.25) is 18.1 Å². The molecule has 1 N–H and O–H groups in total. The minimum atomic E-state index is -2.60. The maximum absolute atomic E-state index is 6.28. The number of nitrogens with one attached hydrogen (secondary N) is 1. The lowest BCUT2D eigenvalue weighted by molar-refractivity contribution is 0.271. The van der Waals surface area contributed by atoms with Crippen molar-refractivity contribution in [2.75, 3.05) is 10.2 Å². The molecule has 0 aliphatic carbocycles. The second-order valence-electron chi connectivity index (χ2n) is 36.4. The van der Waals surface area contributed by atoms with Crippen molar-refractivity contribution in [2.45, 2.75) is 46.8 Å². The predicted molar refractivity (Wildman–Crippen MR) is 605 cm³/mol. The summed E-state index contributed by atoms with van der Waals surface area (Å²) in [7, 11) is -9.08. The smallest absolute Gasteiger partial charge is 0.307 e. The molecule has 9 nitrogen and oxygen atoms in total. The standard InChI is InChI=1S/C37H28N2OSi.C34H27NSSi.C26H20N2OSi.C26H20N2SSi.C2H6/c1-4-14-29(15-5-1)41(30-16-6-2-7-17-30,31-18-8-3-9-19-31)32-20-12-13-27(25-32)28-23-24-36-35(26-28)39-34-22-11-10-21-33(34)38-37(39)40-36;1-24-20-33-32(35-31-19-10-9-12-26(31)22-34(35)36-33)23-30(24)25-13-11-18-29(21-25)37(2,27-14-5-3-6-15-27)28-16-7-4-8-17-28;2*1-30(19-10-4-2-5-11-19,20-12-6-3-7-13-20)21-16-17-25-24(18-21)28-23-15-9-8-14-22(23)27-26(28)29-25;1-2/h1-26,37-38H;3-23H,1-2H3;2*2-18H,1H3;1-2H3. The first-order valence-electron chi connectivity index (χ1n) is 48.2. The number of fused-ring (bicyclic) bond motifs is 20. The van der Waals surface area contributed by atoms with Gasteiger partial charge in [0.1, 0.15) is 34.8 Å². The summed E-state index contributed by atoms with van der Waals surface area (Å²) in [5.41, 5.74) is 19.7. The summed E-state index contributed by atoms with van der Waals surface area (Å²) in [5.74, 6) is 1.55. The monoisotopic (exact) mass is 1910 g/mol. The molecular weight excluding hydrogens is 1810 g/mol. The van der Waals surface area contributed by atoms with Crippen LogP contribution in [-0.4, -0.2) is 61.8 Å². The molecule has 25 aromatic rings. The molecule has 0 radical (unpaired) electrons. The maximum Gasteiger partial charge on any atom is 0.307 e. The van der Waals surface area contributed by atoms with Crippen LogP contribution in [0.5, 0.6) is 5.75 Å². The first-order valence-corrected chi connectivity index (χ1v) is 59.3. The second kappa shape index (κ2) is 37.2. The minimum Gasteiger partial charge on any atom is -0.450 e. The van der Waals surface area contributed by atoms with Gasteiger partial charge in [-0.25, -0.2) is 4.98 Å². The molecule has 1 unspecified atom stereocenters. The van der Waals surface area contributed by atoms with E-state index >= 15 is 0 Å². The summed E-state index contributed by atoms with van der Waals surface area (Å²) in [6, 6.07) is 179. The summed E-state index contributed by atoms with van der Waals surface area (Å²) in [6.07, 6.45) is -0.210. The van der Waals surface area contributed by atoms with Gasteiger partial charge in [-0.05, 0) is 199 Å². The number of hydrogen-bond acceptors (Lipinski definition) is 8. The minimum absolute atomic E-state index is 0.210. The average molecular weight is 1910 g/mol. The van der Waals surface area contributed by atoms with Gasteiger partial charge in [0, 0.05) is 5.39 Å².